The number of aliphatic carboxylic acids is 1. The maximum Gasteiger partial charge on any atom is 0.312 e. The Labute approximate surface area is 164 Å². The molecule has 5 heteroatoms. The van der Waals surface area contributed by atoms with Crippen LogP contribution in [-0.4, -0.2) is 35.2 Å². The van der Waals surface area contributed by atoms with E-state index < -0.39 is 5.97 Å². The number of carboxylic acids is 1. The summed E-state index contributed by atoms with van der Waals surface area (Å²) in [5.41, 5.74) is 3.90. The molecule has 1 N–H and O–H groups in total. The number of nitrogens with zero attached hydrogens (tertiary/aromatic N) is 1. The van der Waals surface area contributed by atoms with Crippen molar-refractivity contribution >= 4 is 34.2 Å². The minimum Gasteiger partial charge on any atom is -0.481 e. The van der Waals surface area contributed by atoms with Crippen molar-refractivity contribution in [1.82, 2.24) is 0 Å². The van der Waals surface area contributed by atoms with E-state index in [1.165, 1.54) is 26.5 Å². The van der Waals surface area contributed by atoms with Crippen molar-refractivity contribution in [2.45, 2.75) is 33.1 Å². The molecule has 1 aliphatic heterocycles. The number of rotatable bonds is 6. The van der Waals surface area contributed by atoms with Crippen LogP contribution in [0.15, 0.2) is 29.0 Å². The van der Waals surface area contributed by atoms with E-state index in [9.17, 15) is 9.90 Å². The number of aryl methyl sites for hydroxylation is 2. The van der Waals surface area contributed by atoms with Crippen LogP contribution in [0.1, 0.15) is 40.1 Å². The molecule has 0 aromatic carbocycles. The van der Waals surface area contributed by atoms with Crippen LogP contribution in [-0.2, 0) is 4.79 Å². The van der Waals surface area contributed by atoms with Crippen LogP contribution in [0.25, 0.3) is 5.57 Å². The summed E-state index contributed by atoms with van der Waals surface area (Å²) in [7, 11) is 6.52. The molecule has 0 spiro atoms. The zero-order valence-corrected chi connectivity index (χ0v) is 17.0. The lowest BCUT2D eigenvalue weighted by molar-refractivity contribution is -0.892. The van der Waals surface area contributed by atoms with E-state index in [1.807, 2.05) is 0 Å². The number of carboxylic acid groups (broad SMARTS) is 1. The molecule has 2 radical (unpaired) electrons. The second-order valence-electron chi connectivity index (χ2n) is 7.30. The summed E-state index contributed by atoms with van der Waals surface area (Å²) in [4.78, 5) is 14.0. The fourth-order valence-corrected chi connectivity index (χ4v) is 5.74. The highest BCUT2D eigenvalue weighted by atomic mass is 32.1. The van der Waals surface area contributed by atoms with Crippen LogP contribution in [0.2, 0.25) is 0 Å². The van der Waals surface area contributed by atoms with Crippen LogP contribution < -0.4 is 0 Å². The quantitative estimate of drug-likeness (QED) is 0.688. The van der Waals surface area contributed by atoms with E-state index in [0.29, 0.717) is 11.0 Å². The molecule has 138 valence electrons. The molecule has 0 bridgehead atoms. The van der Waals surface area contributed by atoms with Gasteiger partial charge in [0.15, 0.2) is 0 Å². The predicted octanol–water partition coefficient (Wildman–Crippen LogP) is 5.23. The Bertz CT molecular complexity index is 762. The van der Waals surface area contributed by atoms with Gasteiger partial charge in [-0.25, -0.2) is 0 Å². The summed E-state index contributed by atoms with van der Waals surface area (Å²) in [6.45, 7) is 6.49. The fourth-order valence-electron chi connectivity index (χ4n) is 3.73. The van der Waals surface area contributed by atoms with Crippen molar-refractivity contribution in [2.75, 3.05) is 19.6 Å². The summed E-state index contributed by atoms with van der Waals surface area (Å²) in [6, 6.07) is 4.33. The molecule has 1 saturated heterocycles. The number of quaternary nitrogens is 1. The van der Waals surface area contributed by atoms with Crippen molar-refractivity contribution in [3.8, 4) is 0 Å². The van der Waals surface area contributed by atoms with Crippen LogP contribution >= 0.6 is 22.7 Å². The summed E-state index contributed by atoms with van der Waals surface area (Å²) in [6.07, 6.45) is 4.79. The van der Waals surface area contributed by atoms with E-state index in [4.69, 9.17) is 7.05 Å². The summed E-state index contributed by atoms with van der Waals surface area (Å²) in [5, 5.41) is 13.6. The lowest BCUT2D eigenvalue weighted by Gasteiger charge is -2.38. The Balaban J connectivity index is 1.78. The van der Waals surface area contributed by atoms with Crippen molar-refractivity contribution < 1.29 is 14.4 Å². The second-order valence-corrected chi connectivity index (χ2v) is 9.13. The van der Waals surface area contributed by atoms with Crippen molar-refractivity contribution in [2.24, 2.45) is 5.92 Å². The van der Waals surface area contributed by atoms with E-state index in [0.717, 1.165) is 32.4 Å². The molecule has 3 nitrogen and oxygen atoms in total. The molecule has 0 saturated carbocycles. The fraction of sp³-hybridized carbons (Fsp3) is 0.429. The van der Waals surface area contributed by atoms with Gasteiger partial charge in [0.05, 0.1) is 19.6 Å². The molecule has 2 unspecified atom stereocenters. The third-order valence-electron chi connectivity index (χ3n) is 5.23. The van der Waals surface area contributed by atoms with Gasteiger partial charge in [-0.3, -0.25) is 4.79 Å². The summed E-state index contributed by atoms with van der Waals surface area (Å²) >= 11 is 3.56. The standard InChI is InChI=1S/C21H26NO2S2/c1-15-8-12-25-19(15)18(20-16(2)9-13-26-20)7-5-11-22(3)10-4-6-17(14-22)21(23)24/h3,7-9,12-13,17H,4-6,10-11,14H2,1-2H3,(H,23,24)/q+1. The van der Waals surface area contributed by atoms with Gasteiger partial charge >= 0.3 is 5.97 Å². The first-order chi connectivity index (χ1) is 12.4. The van der Waals surface area contributed by atoms with Gasteiger partial charge < -0.3 is 9.59 Å². The summed E-state index contributed by atoms with van der Waals surface area (Å²) < 4.78 is 0.369. The third-order valence-corrected chi connectivity index (χ3v) is 7.33. The Morgan fingerprint density at radius 1 is 1.27 bits per heavy atom. The zero-order chi connectivity index (χ0) is 18.7. The number of thiophene rings is 2. The molecule has 3 rings (SSSR count). The van der Waals surface area contributed by atoms with Crippen LogP contribution in [0.5, 0.6) is 0 Å². The monoisotopic (exact) mass is 388 g/mol. The maximum atomic E-state index is 11.3. The SMILES string of the molecule is [CH][N+]1(CCC=C(c2sccc2C)c2sccc2C)CCCC(C(=O)O)C1. The van der Waals surface area contributed by atoms with Gasteiger partial charge in [0.1, 0.15) is 5.92 Å². The Hall–Kier alpha value is -1.43. The topological polar surface area (TPSA) is 37.3 Å². The maximum absolute atomic E-state index is 11.3. The van der Waals surface area contributed by atoms with Crippen LogP contribution in [0, 0.1) is 26.8 Å². The first kappa shape index (κ1) is 19.3. The van der Waals surface area contributed by atoms with E-state index in [2.05, 4.69) is 42.8 Å². The number of hydrogen-bond donors (Lipinski definition) is 1. The van der Waals surface area contributed by atoms with Gasteiger partial charge in [0.25, 0.3) is 0 Å². The minimum atomic E-state index is -0.711. The van der Waals surface area contributed by atoms with Crippen LogP contribution in [0.3, 0.4) is 0 Å². The van der Waals surface area contributed by atoms with Gasteiger partial charge in [-0.2, -0.15) is 0 Å². The molecule has 2 aromatic rings. The molecule has 0 aliphatic carbocycles. The van der Waals surface area contributed by atoms with Gasteiger partial charge in [-0.1, -0.05) is 6.08 Å². The highest BCUT2D eigenvalue weighted by molar-refractivity contribution is 7.14. The first-order valence-electron chi connectivity index (χ1n) is 9.06. The lowest BCUT2D eigenvalue weighted by atomic mass is 9.96. The number of likely N-dealkylation sites (tertiary alicyclic amines) is 1. The number of hydrogen-bond acceptors (Lipinski definition) is 3. The normalized spacial score (nSPS) is 23.0. The highest BCUT2D eigenvalue weighted by Gasteiger charge is 2.35. The average molecular weight is 389 g/mol. The van der Waals surface area contributed by atoms with Crippen LogP contribution in [0.4, 0.5) is 0 Å². The lowest BCUT2D eigenvalue weighted by Crippen LogP contribution is -2.51. The molecule has 2 aromatic heterocycles. The molecular formula is C21H26NO2S2+. The van der Waals surface area contributed by atoms with E-state index >= 15 is 0 Å². The first-order valence-corrected chi connectivity index (χ1v) is 10.8. The average Bonchev–Trinajstić information content (AvgIpc) is 3.20. The number of carbonyl (C=O) groups is 1. The Morgan fingerprint density at radius 3 is 2.38 bits per heavy atom. The molecule has 26 heavy (non-hydrogen) atoms. The summed E-state index contributed by atoms with van der Waals surface area (Å²) in [5.74, 6) is -1.02. The van der Waals surface area contributed by atoms with Crippen molar-refractivity contribution in [3.05, 3.63) is 56.9 Å². The Kier molecular flexibility index (Phi) is 6.00. The van der Waals surface area contributed by atoms with E-state index in [-0.39, 0.29) is 5.92 Å². The Morgan fingerprint density at radius 2 is 1.88 bits per heavy atom. The van der Waals surface area contributed by atoms with Gasteiger partial charge in [0, 0.05) is 21.7 Å². The largest absolute Gasteiger partial charge is 0.481 e. The third kappa shape index (κ3) is 4.27. The molecule has 1 fully saturated rings. The van der Waals surface area contributed by atoms with Gasteiger partial charge in [0.2, 0.25) is 7.05 Å². The molecule has 2 atom stereocenters. The molecular weight excluding hydrogens is 362 g/mol. The van der Waals surface area contributed by atoms with Gasteiger partial charge in [-0.05, 0) is 60.7 Å². The smallest absolute Gasteiger partial charge is 0.312 e. The highest BCUT2D eigenvalue weighted by Crippen LogP contribution is 2.35. The molecule has 1 aliphatic rings. The minimum absolute atomic E-state index is 0.309. The predicted molar refractivity (Wildman–Crippen MR) is 109 cm³/mol. The van der Waals surface area contributed by atoms with E-state index in [1.54, 1.807) is 22.7 Å². The van der Waals surface area contributed by atoms with Crippen molar-refractivity contribution in [3.63, 3.8) is 0 Å². The zero-order valence-electron chi connectivity index (χ0n) is 15.4. The molecule has 0 amide bonds. The van der Waals surface area contributed by atoms with Gasteiger partial charge in [-0.15, -0.1) is 22.7 Å². The van der Waals surface area contributed by atoms with Crippen molar-refractivity contribution in [1.29, 1.82) is 0 Å². The molecule has 3 heterocycles. The second kappa shape index (κ2) is 8.07. The number of piperidine rings is 1.